The topological polar surface area (TPSA) is 43.4 Å². The Morgan fingerprint density at radius 3 is 1.77 bits per heavy atom. The molecule has 0 unspecified atom stereocenters. The maximum atomic E-state index is 6.19. The lowest BCUT2D eigenvalue weighted by atomic mass is 9.78. The summed E-state index contributed by atoms with van der Waals surface area (Å²) in [5.41, 5.74) is 1.15. The van der Waals surface area contributed by atoms with Gasteiger partial charge in [-0.2, -0.15) is 0 Å². The molecule has 0 amide bonds. The van der Waals surface area contributed by atoms with Gasteiger partial charge in [0.2, 0.25) is 0 Å². The Labute approximate surface area is 157 Å². The summed E-state index contributed by atoms with van der Waals surface area (Å²) in [6.07, 6.45) is 0. The predicted octanol–water partition coefficient (Wildman–Crippen LogP) is 1.75. The van der Waals surface area contributed by atoms with Crippen LogP contribution in [0.25, 0.3) is 0 Å². The number of anilines is 1. The molecule has 7 heteroatoms. The Morgan fingerprint density at radius 1 is 0.885 bits per heavy atom. The van der Waals surface area contributed by atoms with Crippen LogP contribution in [0, 0.1) is 0 Å². The fourth-order valence-corrected chi connectivity index (χ4v) is 3.37. The van der Waals surface area contributed by atoms with Gasteiger partial charge in [0.05, 0.1) is 25.4 Å². The third-order valence-electron chi connectivity index (χ3n) is 5.85. The lowest BCUT2D eigenvalue weighted by Crippen LogP contribution is -2.45. The van der Waals surface area contributed by atoms with Crippen molar-refractivity contribution in [2.75, 3.05) is 52.3 Å². The molecule has 1 aromatic carbocycles. The van der Waals surface area contributed by atoms with Crippen LogP contribution < -0.4 is 19.8 Å². The molecule has 6 nitrogen and oxygen atoms in total. The van der Waals surface area contributed by atoms with Gasteiger partial charge >= 0.3 is 7.12 Å². The molecule has 2 fully saturated rings. The molecule has 0 atom stereocenters. The highest BCUT2D eigenvalue weighted by Gasteiger charge is 2.52. The lowest BCUT2D eigenvalue weighted by Gasteiger charge is -2.35. The second-order valence-corrected chi connectivity index (χ2v) is 8.15. The molecule has 2 heterocycles. The molecule has 144 valence electrons. The fraction of sp³-hybridized carbons (Fsp3) is 0.684. The van der Waals surface area contributed by atoms with Crippen molar-refractivity contribution in [3.8, 4) is 11.5 Å². The van der Waals surface area contributed by atoms with Gasteiger partial charge in [-0.1, -0.05) is 0 Å². The normalized spacial score (nSPS) is 22.6. The molecule has 26 heavy (non-hydrogen) atoms. The fourth-order valence-electron chi connectivity index (χ4n) is 3.37. The first-order valence-electron chi connectivity index (χ1n) is 9.23. The van der Waals surface area contributed by atoms with Gasteiger partial charge in [0.15, 0.2) is 0 Å². The minimum atomic E-state index is -0.440. The second kappa shape index (κ2) is 6.95. The molecule has 0 radical (unpaired) electrons. The van der Waals surface area contributed by atoms with E-state index >= 15 is 0 Å². The van der Waals surface area contributed by atoms with E-state index in [1.54, 1.807) is 14.2 Å². The quantitative estimate of drug-likeness (QED) is 0.761. The third-order valence-corrected chi connectivity index (χ3v) is 5.85. The largest absolute Gasteiger partial charge is 0.495 e. The summed E-state index contributed by atoms with van der Waals surface area (Å²) in [5, 5.41) is 0. The number of ether oxygens (including phenoxy) is 2. The third kappa shape index (κ3) is 3.40. The average Bonchev–Trinajstić information content (AvgIpc) is 2.82. The number of benzene rings is 1. The van der Waals surface area contributed by atoms with Crippen LogP contribution >= 0.6 is 0 Å². The molecular formula is C19H31BN2O4. The van der Waals surface area contributed by atoms with E-state index in [-0.39, 0.29) is 11.2 Å². The highest BCUT2D eigenvalue weighted by Crippen LogP contribution is 2.40. The first-order valence-corrected chi connectivity index (χ1v) is 9.23. The van der Waals surface area contributed by atoms with Crippen molar-refractivity contribution in [1.29, 1.82) is 0 Å². The predicted molar refractivity (Wildman–Crippen MR) is 105 cm³/mol. The summed E-state index contributed by atoms with van der Waals surface area (Å²) in [6.45, 7) is 12.1. The van der Waals surface area contributed by atoms with Crippen molar-refractivity contribution in [1.82, 2.24) is 4.90 Å². The standard InChI is InChI=1S/C19H31BN2O4/c1-18(2)19(3,4)26-20(25-18)14-12-15(23-6)17(16(13-14)24-7)22-10-8-21(5)9-11-22/h12-13H,8-11H2,1-7H3. The van der Waals surface area contributed by atoms with Crippen LogP contribution in [-0.2, 0) is 9.31 Å². The van der Waals surface area contributed by atoms with Crippen LogP contribution in [0.2, 0.25) is 0 Å². The van der Waals surface area contributed by atoms with Gasteiger partial charge in [-0.05, 0) is 52.3 Å². The highest BCUT2D eigenvalue weighted by atomic mass is 16.7. The van der Waals surface area contributed by atoms with Crippen molar-refractivity contribution in [2.45, 2.75) is 38.9 Å². The Bertz CT molecular complexity index is 616. The number of hydrogen-bond donors (Lipinski definition) is 0. The first-order chi connectivity index (χ1) is 12.2. The summed E-state index contributed by atoms with van der Waals surface area (Å²) in [6, 6.07) is 4.02. The monoisotopic (exact) mass is 362 g/mol. The maximum absolute atomic E-state index is 6.19. The van der Waals surface area contributed by atoms with Crippen LogP contribution in [0.3, 0.4) is 0 Å². The number of hydrogen-bond acceptors (Lipinski definition) is 6. The molecule has 0 saturated carbocycles. The molecule has 0 aliphatic carbocycles. The number of nitrogens with zero attached hydrogens (tertiary/aromatic N) is 2. The zero-order chi connectivity index (χ0) is 19.1. The van der Waals surface area contributed by atoms with Crippen molar-refractivity contribution in [3.05, 3.63) is 12.1 Å². The van der Waals surface area contributed by atoms with Crippen molar-refractivity contribution >= 4 is 18.3 Å². The SMILES string of the molecule is COc1cc(B2OC(C)(C)C(C)(C)O2)cc(OC)c1N1CCN(C)CC1. The Balaban J connectivity index is 1.95. The van der Waals surface area contributed by atoms with E-state index in [4.69, 9.17) is 18.8 Å². The number of likely N-dealkylation sites (N-methyl/N-ethyl adjacent to an activating group) is 1. The van der Waals surface area contributed by atoms with E-state index in [1.165, 1.54) is 0 Å². The molecular weight excluding hydrogens is 331 g/mol. The summed E-state index contributed by atoms with van der Waals surface area (Å²) in [7, 11) is 5.10. The van der Waals surface area contributed by atoms with E-state index < -0.39 is 7.12 Å². The van der Waals surface area contributed by atoms with Gasteiger partial charge in [-0.25, -0.2) is 0 Å². The molecule has 3 rings (SSSR count). The average molecular weight is 362 g/mol. The molecule has 0 aromatic heterocycles. The van der Waals surface area contributed by atoms with Gasteiger partial charge in [0, 0.05) is 26.2 Å². The molecule has 0 N–H and O–H groups in total. The van der Waals surface area contributed by atoms with Crippen molar-refractivity contribution in [2.24, 2.45) is 0 Å². The minimum Gasteiger partial charge on any atom is -0.494 e. The number of rotatable bonds is 4. The Kier molecular flexibility index (Phi) is 5.16. The van der Waals surface area contributed by atoms with E-state index in [9.17, 15) is 0 Å². The van der Waals surface area contributed by atoms with Gasteiger partial charge < -0.3 is 28.6 Å². The Hall–Kier alpha value is -1.44. The maximum Gasteiger partial charge on any atom is 0.495 e. The molecule has 2 aliphatic heterocycles. The van der Waals surface area contributed by atoms with E-state index in [1.807, 2.05) is 12.1 Å². The second-order valence-electron chi connectivity index (χ2n) is 8.15. The summed E-state index contributed by atoms with van der Waals surface area (Å²) < 4.78 is 23.8. The van der Waals surface area contributed by atoms with Crippen LogP contribution in [0.5, 0.6) is 11.5 Å². The highest BCUT2D eigenvalue weighted by molar-refractivity contribution is 6.62. The Morgan fingerprint density at radius 2 is 1.35 bits per heavy atom. The van der Waals surface area contributed by atoms with Crippen LogP contribution in [0.4, 0.5) is 5.69 Å². The first kappa shape index (κ1) is 19.3. The molecule has 2 saturated heterocycles. The van der Waals surface area contributed by atoms with E-state index in [2.05, 4.69) is 44.5 Å². The summed E-state index contributed by atoms with van der Waals surface area (Å²) in [4.78, 5) is 4.65. The molecule has 0 bridgehead atoms. The lowest BCUT2D eigenvalue weighted by molar-refractivity contribution is 0.00578. The van der Waals surface area contributed by atoms with Gasteiger partial charge in [-0.3, -0.25) is 0 Å². The van der Waals surface area contributed by atoms with Gasteiger partial charge in [0.25, 0.3) is 0 Å². The smallest absolute Gasteiger partial charge is 0.494 e. The van der Waals surface area contributed by atoms with Crippen molar-refractivity contribution in [3.63, 3.8) is 0 Å². The zero-order valence-corrected chi connectivity index (χ0v) is 17.1. The van der Waals surface area contributed by atoms with Crippen LogP contribution in [0.1, 0.15) is 27.7 Å². The van der Waals surface area contributed by atoms with E-state index in [0.29, 0.717) is 0 Å². The van der Waals surface area contributed by atoms with Crippen molar-refractivity contribution < 1.29 is 18.8 Å². The summed E-state index contributed by atoms with van der Waals surface area (Å²) >= 11 is 0. The number of methoxy groups -OCH3 is 2. The minimum absolute atomic E-state index is 0.381. The molecule has 2 aliphatic rings. The van der Waals surface area contributed by atoms with Gasteiger partial charge in [0.1, 0.15) is 17.2 Å². The number of piperazine rings is 1. The van der Waals surface area contributed by atoms with Crippen LogP contribution in [0.15, 0.2) is 12.1 Å². The summed E-state index contributed by atoms with van der Waals surface area (Å²) in [5.74, 6) is 1.58. The molecule has 0 spiro atoms. The van der Waals surface area contributed by atoms with E-state index in [0.717, 1.165) is 48.8 Å². The molecule has 1 aromatic rings. The zero-order valence-electron chi connectivity index (χ0n) is 17.1. The van der Waals surface area contributed by atoms with Gasteiger partial charge in [-0.15, -0.1) is 0 Å². The van der Waals surface area contributed by atoms with Crippen LogP contribution in [-0.4, -0.2) is 70.7 Å².